The van der Waals surface area contributed by atoms with E-state index in [1.165, 1.54) is 30.2 Å². The normalized spacial score (nSPS) is 12.8. The number of hydrogen-bond acceptors (Lipinski definition) is 8. The van der Waals surface area contributed by atoms with Crippen LogP contribution in [0.2, 0.25) is 5.02 Å². The summed E-state index contributed by atoms with van der Waals surface area (Å²) in [6.07, 6.45) is 8.12. The van der Waals surface area contributed by atoms with Crippen LogP contribution in [0.15, 0.2) is 79.0 Å². The molecule has 1 amide bonds. The monoisotopic (exact) mass is 598 g/mol. The summed E-state index contributed by atoms with van der Waals surface area (Å²) in [7, 11) is 3.14. The topological polar surface area (TPSA) is 113 Å². The van der Waals surface area contributed by atoms with Crippen molar-refractivity contribution in [1.29, 1.82) is 0 Å². The average Bonchev–Trinajstić information content (AvgIpc) is 3.58. The van der Waals surface area contributed by atoms with Crippen LogP contribution in [0.25, 0.3) is 12.2 Å². The predicted octanol–water partition coefficient (Wildman–Crippen LogP) is 5.05. The van der Waals surface area contributed by atoms with Gasteiger partial charge in [-0.15, -0.1) is 5.10 Å². The molecule has 0 saturated carbocycles. The number of fused-ring (bicyclic) bond motifs is 1. The van der Waals surface area contributed by atoms with E-state index in [1.807, 2.05) is 30.3 Å². The van der Waals surface area contributed by atoms with Crippen molar-refractivity contribution in [2.24, 2.45) is 0 Å². The summed E-state index contributed by atoms with van der Waals surface area (Å²) in [6, 6.07) is 17.5. The molecule has 0 spiro atoms. The number of ketones is 2. The number of hydrogen-bond donors (Lipinski definition) is 0. The molecule has 43 heavy (non-hydrogen) atoms. The fraction of sp³-hybridized carbons (Fsp3) is 0.156. The first-order valence-electron chi connectivity index (χ1n) is 13.2. The molecular weight excluding hydrogens is 572 g/mol. The molecule has 0 unspecified atom stereocenters. The summed E-state index contributed by atoms with van der Waals surface area (Å²) in [5, 5.41) is 8.63. The average molecular weight is 599 g/mol. The van der Waals surface area contributed by atoms with Crippen LogP contribution in [0, 0.1) is 0 Å². The second kappa shape index (κ2) is 13.2. The maximum absolute atomic E-state index is 12.4. The fourth-order valence-corrected chi connectivity index (χ4v) is 4.57. The fourth-order valence-electron chi connectivity index (χ4n) is 4.40. The first-order chi connectivity index (χ1) is 20.8. The second-order valence-corrected chi connectivity index (χ2v) is 9.90. The Balaban J connectivity index is 1.15. The molecular formula is C32H27ClN4O6. The van der Waals surface area contributed by atoms with E-state index in [0.29, 0.717) is 40.0 Å². The maximum Gasteiger partial charge on any atom is 0.299 e. The van der Waals surface area contributed by atoms with Crippen molar-refractivity contribution < 1.29 is 28.6 Å². The van der Waals surface area contributed by atoms with Crippen LogP contribution in [-0.2, 0) is 22.7 Å². The van der Waals surface area contributed by atoms with Crippen molar-refractivity contribution in [3.63, 3.8) is 0 Å². The minimum atomic E-state index is -0.597. The largest absolute Gasteiger partial charge is 0.497 e. The van der Waals surface area contributed by atoms with E-state index in [2.05, 4.69) is 10.3 Å². The van der Waals surface area contributed by atoms with E-state index in [4.69, 9.17) is 25.8 Å². The Kier molecular flexibility index (Phi) is 8.97. The van der Waals surface area contributed by atoms with Crippen LogP contribution in [0.4, 0.5) is 5.69 Å². The van der Waals surface area contributed by atoms with Gasteiger partial charge in [0.2, 0.25) is 0 Å². The summed E-state index contributed by atoms with van der Waals surface area (Å²) in [6.45, 7) is 0.695. The molecule has 0 bridgehead atoms. The molecule has 0 aliphatic carbocycles. The van der Waals surface area contributed by atoms with Gasteiger partial charge in [-0.2, -0.15) is 0 Å². The summed E-state index contributed by atoms with van der Waals surface area (Å²) in [4.78, 5) is 38.5. The zero-order valence-corrected chi connectivity index (χ0v) is 24.2. The molecule has 0 saturated heterocycles. The Labute approximate surface area is 252 Å². The summed E-state index contributed by atoms with van der Waals surface area (Å²) < 4.78 is 18.1. The van der Waals surface area contributed by atoms with Crippen molar-refractivity contribution in [2.75, 3.05) is 25.7 Å². The van der Waals surface area contributed by atoms with E-state index in [1.54, 1.807) is 54.4 Å². The summed E-state index contributed by atoms with van der Waals surface area (Å²) in [5.41, 5.74) is 3.05. The van der Waals surface area contributed by atoms with Crippen LogP contribution in [0.5, 0.6) is 17.2 Å². The van der Waals surface area contributed by atoms with Gasteiger partial charge >= 0.3 is 0 Å². The van der Waals surface area contributed by atoms with Crippen LogP contribution in [0.1, 0.15) is 27.2 Å². The smallest absolute Gasteiger partial charge is 0.299 e. The third-order valence-corrected chi connectivity index (χ3v) is 6.87. The van der Waals surface area contributed by atoms with Crippen LogP contribution < -0.4 is 19.1 Å². The predicted molar refractivity (Wildman–Crippen MR) is 162 cm³/mol. The summed E-state index contributed by atoms with van der Waals surface area (Å²) >= 11 is 5.98. The van der Waals surface area contributed by atoms with E-state index in [0.717, 1.165) is 16.9 Å². The number of nitrogens with zero attached hydrogens (tertiary/aromatic N) is 4. The van der Waals surface area contributed by atoms with Gasteiger partial charge in [-0.3, -0.25) is 19.1 Å². The van der Waals surface area contributed by atoms with Crippen LogP contribution in [0.3, 0.4) is 0 Å². The molecule has 2 heterocycles. The number of Topliss-reactive ketones (excluding diaryl/α,β-unsaturated/α-hetero) is 1. The zero-order valence-electron chi connectivity index (χ0n) is 23.4. The van der Waals surface area contributed by atoms with E-state index in [9.17, 15) is 14.4 Å². The lowest BCUT2D eigenvalue weighted by atomic mass is 10.1. The van der Waals surface area contributed by atoms with Crippen LogP contribution in [-0.4, -0.2) is 53.2 Å². The van der Waals surface area contributed by atoms with E-state index in [-0.39, 0.29) is 18.9 Å². The quantitative estimate of drug-likeness (QED) is 0.164. The lowest BCUT2D eigenvalue weighted by Crippen LogP contribution is -2.32. The molecule has 1 aliphatic heterocycles. The number of rotatable bonds is 12. The number of amides is 1. The highest BCUT2D eigenvalue weighted by atomic mass is 35.5. The SMILES string of the molecule is COc1ccc(/C=C/C(=O)/C=C/c2ccc(OCc3cn(CCN4C(=O)C(=O)c5cc(Cl)ccc54)nn3)c(OC)c2)cc1. The molecule has 4 aromatic rings. The highest BCUT2D eigenvalue weighted by Gasteiger charge is 2.35. The Morgan fingerprint density at radius 2 is 1.63 bits per heavy atom. The van der Waals surface area contributed by atoms with E-state index < -0.39 is 11.7 Å². The number of methoxy groups -OCH3 is 2. The van der Waals surface area contributed by atoms with Crippen molar-refractivity contribution in [3.05, 3.63) is 106 Å². The minimum Gasteiger partial charge on any atom is -0.497 e. The van der Waals surface area contributed by atoms with Gasteiger partial charge in [0.15, 0.2) is 17.3 Å². The van der Waals surface area contributed by atoms with Gasteiger partial charge < -0.3 is 19.1 Å². The van der Waals surface area contributed by atoms with Gasteiger partial charge in [0.1, 0.15) is 18.1 Å². The summed E-state index contributed by atoms with van der Waals surface area (Å²) in [5.74, 6) is 0.408. The van der Waals surface area contributed by atoms with Gasteiger partial charge in [-0.05, 0) is 65.7 Å². The lowest BCUT2D eigenvalue weighted by Gasteiger charge is -2.16. The number of halogens is 1. The first-order valence-corrected chi connectivity index (χ1v) is 13.6. The number of ether oxygens (including phenoxy) is 3. The molecule has 218 valence electrons. The van der Waals surface area contributed by atoms with Gasteiger partial charge in [-0.1, -0.05) is 47.2 Å². The van der Waals surface area contributed by atoms with Crippen molar-refractivity contribution in [3.8, 4) is 17.2 Å². The maximum atomic E-state index is 12.4. The highest BCUT2D eigenvalue weighted by molar-refractivity contribution is 6.52. The molecule has 3 aromatic carbocycles. The molecule has 0 radical (unpaired) electrons. The van der Waals surface area contributed by atoms with Crippen molar-refractivity contribution in [2.45, 2.75) is 13.2 Å². The Morgan fingerprint density at radius 3 is 2.37 bits per heavy atom. The Bertz CT molecular complexity index is 1730. The molecule has 11 heteroatoms. The van der Waals surface area contributed by atoms with Gasteiger partial charge in [0, 0.05) is 11.6 Å². The van der Waals surface area contributed by atoms with Crippen molar-refractivity contribution >= 4 is 46.9 Å². The van der Waals surface area contributed by atoms with Gasteiger partial charge in [-0.25, -0.2) is 0 Å². The van der Waals surface area contributed by atoms with Gasteiger partial charge in [0.25, 0.3) is 11.7 Å². The zero-order chi connectivity index (χ0) is 30.3. The Morgan fingerprint density at radius 1 is 0.884 bits per heavy atom. The van der Waals surface area contributed by atoms with Crippen LogP contribution >= 0.6 is 11.6 Å². The van der Waals surface area contributed by atoms with Gasteiger partial charge in [0.05, 0.1) is 38.2 Å². The molecule has 1 aliphatic rings. The Hall–Kier alpha value is -5.22. The second-order valence-electron chi connectivity index (χ2n) is 9.46. The highest BCUT2D eigenvalue weighted by Crippen LogP contribution is 2.31. The third-order valence-electron chi connectivity index (χ3n) is 6.63. The third kappa shape index (κ3) is 6.99. The lowest BCUT2D eigenvalue weighted by molar-refractivity contribution is -0.114. The molecule has 0 N–H and O–H groups in total. The molecule has 1 aromatic heterocycles. The van der Waals surface area contributed by atoms with Crippen molar-refractivity contribution in [1.82, 2.24) is 15.0 Å². The number of aromatic nitrogens is 3. The first kappa shape index (κ1) is 29.3. The number of carbonyl (C=O) groups is 3. The number of anilines is 1. The minimum absolute atomic E-state index is 0.128. The van der Waals surface area contributed by atoms with E-state index >= 15 is 0 Å². The standard InChI is InChI=1S/C32H27ClN4O6/c1-41-26-11-5-21(6-12-26)3-9-25(38)10-4-22-7-14-29(30(17-22)42-2)43-20-24-19-36(35-34-24)15-16-37-28-13-8-23(33)18-27(28)31(39)32(37)40/h3-14,17-19H,15-16,20H2,1-2H3/b9-3+,10-4+. The molecule has 0 fully saturated rings. The number of carbonyl (C=O) groups excluding carboxylic acids is 3. The number of allylic oxidation sites excluding steroid dienone is 2. The number of benzene rings is 3. The molecule has 10 nitrogen and oxygen atoms in total. The molecule has 0 atom stereocenters. The molecule has 5 rings (SSSR count).